The Hall–Kier alpha value is -0.130. The Morgan fingerprint density at radius 1 is 1.07 bits per heavy atom. The molecule has 0 amide bonds. The van der Waals surface area contributed by atoms with Crippen LogP contribution in [0.2, 0.25) is 0 Å². The van der Waals surface area contributed by atoms with Gasteiger partial charge in [0.15, 0.2) is 5.96 Å². The average molecular weight is 516 g/mol. The van der Waals surface area contributed by atoms with E-state index in [0.717, 1.165) is 31.9 Å². The van der Waals surface area contributed by atoms with Crippen LogP contribution in [0.25, 0.3) is 0 Å². The Morgan fingerprint density at radius 2 is 1.70 bits per heavy atom. The molecular formula is C18H37IN4O3S. The summed E-state index contributed by atoms with van der Waals surface area (Å²) in [6, 6.07) is 0. The second-order valence-corrected chi connectivity index (χ2v) is 9.45. The van der Waals surface area contributed by atoms with Gasteiger partial charge in [-0.25, -0.2) is 12.7 Å². The van der Waals surface area contributed by atoms with Gasteiger partial charge in [-0.05, 0) is 31.6 Å². The number of rotatable bonds is 7. The largest absolute Gasteiger partial charge is 0.376 e. The molecule has 2 N–H and O–H groups in total. The average Bonchev–Trinajstić information content (AvgIpc) is 2.89. The third kappa shape index (κ3) is 9.76. The number of piperidine rings is 1. The van der Waals surface area contributed by atoms with Crippen LogP contribution in [-0.2, 0) is 14.8 Å². The van der Waals surface area contributed by atoms with Gasteiger partial charge in [-0.3, -0.25) is 4.99 Å². The van der Waals surface area contributed by atoms with E-state index in [9.17, 15) is 8.42 Å². The number of aliphatic imine (C=N–C) groups is 1. The highest BCUT2D eigenvalue weighted by molar-refractivity contribution is 14.0. The molecule has 0 bridgehead atoms. The van der Waals surface area contributed by atoms with Gasteiger partial charge in [0.05, 0.1) is 19.0 Å². The Labute approximate surface area is 182 Å². The molecule has 2 aliphatic rings. The molecule has 0 atom stereocenters. The van der Waals surface area contributed by atoms with Crippen LogP contribution in [0.1, 0.15) is 51.4 Å². The fourth-order valence-electron chi connectivity index (χ4n) is 3.71. The van der Waals surface area contributed by atoms with Crippen LogP contribution in [0.3, 0.4) is 0 Å². The van der Waals surface area contributed by atoms with Crippen molar-refractivity contribution in [2.45, 2.75) is 57.5 Å². The van der Waals surface area contributed by atoms with E-state index in [4.69, 9.17) is 4.74 Å². The number of hydrogen-bond donors (Lipinski definition) is 2. The highest BCUT2D eigenvalue weighted by Crippen LogP contribution is 2.20. The van der Waals surface area contributed by atoms with Crippen molar-refractivity contribution in [1.29, 1.82) is 0 Å². The normalized spacial score (nSPS) is 21.3. The predicted octanol–water partition coefficient (Wildman–Crippen LogP) is 2.18. The molecule has 1 saturated heterocycles. The number of nitrogens with zero attached hydrogens (tertiary/aromatic N) is 2. The van der Waals surface area contributed by atoms with E-state index in [1.165, 1.54) is 44.8 Å². The number of guanidine groups is 1. The van der Waals surface area contributed by atoms with E-state index in [1.807, 2.05) is 0 Å². The van der Waals surface area contributed by atoms with Crippen molar-refractivity contribution in [1.82, 2.24) is 14.9 Å². The van der Waals surface area contributed by atoms with E-state index in [-0.39, 0.29) is 24.0 Å². The first-order valence-electron chi connectivity index (χ1n) is 10.0. The fourth-order valence-corrected chi connectivity index (χ4v) is 4.58. The van der Waals surface area contributed by atoms with Crippen LogP contribution < -0.4 is 10.6 Å². The molecule has 0 spiro atoms. The van der Waals surface area contributed by atoms with Crippen molar-refractivity contribution in [2.75, 3.05) is 46.1 Å². The van der Waals surface area contributed by atoms with Crippen molar-refractivity contribution >= 4 is 40.0 Å². The van der Waals surface area contributed by atoms with E-state index >= 15 is 0 Å². The zero-order chi connectivity index (χ0) is 18.8. The Bertz CT molecular complexity index is 529. The Kier molecular flexibility index (Phi) is 12.1. The molecule has 7 nitrogen and oxygen atoms in total. The molecule has 0 aromatic carbocycles. The molecule has 1 aliphatic carbocycles. The molecule has 0 aromatic heterocycles. The third-order valence-electron chi connectivity index (χ3n) is 5.37. The Morgan fingerprint density at radius 3 is 2.26 bits per heavy atom. The van der Waals surface area contributed by atoms with Gasteiger partial charge < -0.3 is 15.4 Å². The van der Waals surface area contributed by atoms with Crippen molar-refractivity contribution < 1.29 is 13.2 Å². The minimum atomic E-state index is -3.05. The van der Waals surface area contributed by atoms with Crippen molar-refractivity contribution in [3.8, 4) is 0 Å². The molecule has 1 saturated carbocycles. The summed E-state index contributed by atoms with van der Waals surface area (Å²) in [6.07, 6.45) is 11.2. The van der Waals surface area contributed by atoms with Crippen molar-refractivity contribution in [2.24, 2.45) is 10.9 Å². The molecule has 2 rings (SSSR count). The van der Waals surface area contributed by atoms with Crippen LogP contribution in [0.4, 0.5) is 0 Å². The standard InChI is InChI=1S/C18H36N4O3S.HI/c1-19-18(20-11-14-25-17-7-5-3-4-6-8-17)21-15-16-9-12-22(13-10-16)26(2,23)24;/h16-17H,3-15H2,1-2H3,(H2,19,20,21);1H. The summed E-state index contributed by atoms with van der Waals surface area (Å²) in [7, 11) is -1.28. The van der Waals surface area contributed by atoms with Gasteiger partial charge in [0.25, 0.3) is 0 Å². The van der Waals surface area contributed by atoms with Crippen LogP contribution in [0.5, 0.6) is 0 Å². The second kappa shape index (κ2) is 13.2. The summed E-state index contributed by atoms with van der Waals surface area (Å²) in [5.41, 5.74) is 0. The minimum absolute atomic E-state index is 0. The summed E-state index contributed by atoms with van der Waals surface area (Å²) >= 11 is 0. The van der Waals surface area contributed by atoms with Crippen LogP contribution >= 0.6 is 24.0 Å². The molecule has 1 heterocycles. The number of ether oxygens (including phenoxy) is 1. The van der Waals surface area contributed by atoms with Gasteiger partial charge >= 0.3 is 0 Å². The number of sulfonamides is 1. The Balaban J connectivity index is 0.00000364. The lowest BCUT2D eigenvalue weighted by molar-refractivity contribution is 0.0468. The monoisotopic (exact) mass is 516 g/mol. The summed E-state index contributed by atoms with van der Waals surface area (Å²) in [5, 5.41) is 6.66. The molecule has 1 aliphatic heterocycles. The third-order valence-corrected chi connectivity index (χ3v) is 6.68. The second-order valence-electron chi connectivity index (χ2n) is 7.47. The lowest BCUT2D eigenvalue weighted by Crippen LogP contribution is -2.44. The highest BCUT2D eigenvalue weighted by atomic mass is 127. The molecule has 0 unspecified atom stereocenters. The molecule has 9 heteroatoms. The summed E-state index contributed by atoms with van der Waals surface area (Å²) in [4.78, 5) is 4.26. The molecule has 27 heavy (non-hydrogen) atoms. The molecular weight excluding hydrogens is 479 g/mol. The quantitative estimate of drug-likeness (QED) is 0.178. The van der Waals surface area contributed by atoms with Gasteiger partial charge in [-0.1, -0.05) is 25.7 Å². The van der Waals surface area contributed by atoms with E-state index in [0.29, 0.717) is 31.7 Å². The minimum Gasteiger partial charge on any atom is -0.376 e. The molecule has 2 fully saturated rings. The lowest BCUT2D eigenvalue weighted by atomic mass is 9.98. The summed E-state index contributed by atoms with van der Waals surface area (Å²) in [6.45, 7) is 3.51. The topological polar surface area (TPSA) is 83.0 Å². The van der Waals surface area contributed by atoms with Crippen molar-refractivity contribution in [3.05, 3.63) is 0 Å². The zero-order valence-electron chi connectivity index (χ0n) is 16.8. The summed E-state index contributed by atoms with van der Waals surface area (Å²) in [5.74, 6) is 1.27. The highest BCUT2D eigenvalue weighted by Gasteiger charge is 2.24. The first-order valence-corrected chi connectivity index (χ1v) is 11.8. The van der Waals surface area contributed by atoms with Crippen LogP contribution in [-0.4, -0.2) is 70.9 Å². The van der Waals surface area contributed by atoms with Crippen LogP contribution in [0, 0.1) is 5.92 Å². The molecule has 0 aromatic rings. The maximum atomic E-state index is 11.6. The fraction of sp³-hybridized carbons (Fsp3) is 0.944. The summed E-state index contributed by atoms with van der Waals surface area (Å²) < 4.78 is 30.7. The maximum Gasteiger partial charge on any atom is 0.211 e. The SMILES string of the molecule is CN=C(NCCOC1CCCCCC1)NCC1CCN(S(C)(=O)=O)CC1.I. The number of nitrogens with one attached hydrogen (secondary N) is 2. The van der Waals surface area contributed by atoms with E-state index < -0.39 is 10.0 Å². The maximum absolute atomic E-state index is 11.6. The van der Waals surface area contributed by atoms with E-state index in [2.05, 4.69) is 15.6 Å². The van der Waals surface area contributed by atoms with Gasteiger partial charge in [0.2, 0.25) is 10.0 Å². The van der Waals surface area contributed by atoms with Gasteiger partial charge in [-0.15, -0.1) is 24.0 Å². The van der Waals surface area contributed by atoms with Crippen molar-refractivity contribution in [3.63, 3.8) is 0 Å². The first-order chi connectivity index (χ1) is 12.5. The zero-order valence-corrected chi connectivity index (χ0v) is 19.9. The van der Waals surface area contributed by atoms with Gasteiger partial charge in [-0.2, -0.15) is 0 Å². The molecule has 160 valence electrons. The lowest BCUT2D eigenvalue weighted by Gasteiger charge is -2.30. The van der Waals surface area contributed by atoms with E-state index in [1.54, 1.807) is 11.4 Å². The predicted molar refractivity (Wildman–Crippen MR) is 121 cm³/mol. The number of halogens is 1. The van der Waals surface area contributed by atoms with Gasteiger partial charge in [0, 0.05) is 33.2 Å². The van der Waals surface area contributed by atoms with Crippen LogP contribution in [0.15, 0.2) is 4.99 Å². The van der Waals surface area contributed by atoms with Gasteiger partial charge in [0.1, 0.15) is 0 Å². The smallest absolute Gasteiger partial charge is 0.211 e. The number of hydrogen-bond acceptors (Lipinski definition) is 4. The first kappa shape index (κ1) is 24.9. The molecule has 0 radical (unpaired) electrons.